The van der Waals surface area contributed by atoms with E-state index in [4.69, 9.17) is 16.7 Å². The number of benzene rings is 1. The Balaban J connectivity index is 2.26. The summed E-state index contributed by atoms with van der Waals surface area (Å²) >= 11 is 5.83. The number of halogens is 1. The second-order valence-electron chi connectivity index (χ2n) is 4.65. The highest BCUT2D eigenvalue weighted by molar-refractivity contribution is 6.30. The van der Waals surface area contributed by atoms with E-state index in [1.165, 1.54) is 0 Å². The Morgan fingerprint density at radius 1 is 1.35 bits per heavy atom. The number of carboxylic acid groups (broad SMARTS) is 1. The zero-order chi connectivity index (χ0) is 15.0. The van der Waals surface area contributed by atoms with E-state index in [1.807, 2.05) is 11.9 Å². The molecule has 1 aromatic rings. The molecular weight excluding hydrogens is 280 g/mol. The molecule has 6 heteroatoms. The lowest BCUT2D eigenvalue weighted by molar-refractivity contribution is -0.137. The summed E-state index contributed by atoms with van der Waals surface area (Å²) in [5.74, 6) is -0.903. The summed E-state index contributed by atoms with van der Waals surface area (Å²) in [5, 5.41) is 11.9. The van der Waals surface area contributed by atoms with Crippen molar-refractivity contribution in [3.8, 4) is 0 Å². The standard InChI is InChI=1S/C14H19ClN2O3/c1-17(8-3-2-7-14(19)20)10-13(18)16-12-6-4-5-11(15)9-12/h4-6,9H,2-3,7-8,10H2,1H3,(H,16,18)(H,19,20). The van der Waals surface area contributed by atoms with Crippen LogP contribution in [0.25, 0.3) is 0 Å². The van der Waals surface area contributed by atoms with Crippen LogP contribution in [-0.4, -0.2) is 42.0 Å². The Labute approximate surface area is 123 Å². The SMILES string of the molecule is CN(CCCCC(=O)O)CC(=O)Nc1cccc(Cl)c1. The summed E-state index contributed by atoms with van der Waals surface area (Å²) in [6.45, 7) is 0.954. The van der Waals surface area contributed by atoms with Crippen molar-refractivity contribution in [1.29, 1.82) is 0 Å². The van der Waals surface area contributed by atoms with Crippen molar-refractivity contribution in [3.63, 3.8) is 0 Å². The van der Waals surface area contributed by atoms with E-state index in [1.54, 1.807) is 24.3 Å². The minimum absolute atomic E-state index is 0.118. The van der Waals surface area contributed by atoms with Gasteiger partial charge in [-0.25, -0.2) is 0 Å². The third-order valence-corrected chi connectivity index (χ3v) is 2.94. The monoisotopic (exact) mass is 298 g/mol. The third kappa shape index (κ3) is 7.11. The van der Waals surface area contributed by atoms with Crippen molar-refractivity contribution < 1.29 is 14.7 Å². The van der Waals surface area contributed by atoms with Crippen LogP contribution in [0, 0.1) is 0 Å². The van der Waals surface area contributed by atoms with E-state index in [9.17, 15) is 9.59 Å². The summed E-state index contributed by atoms with van der Waals surface area (Å²) in [4.78, 5) is 24.0. The summed E-state index contributed by atoms with van der Waals surface area (Å²) in [7, 11) is 1.83. The van der Waals surface area contributed by atoms with Crippen LogP contribution in [0.5, 0.6) is 0 Å². The van der Waals surface area contributed by atoms with Gasteiger partial charge in [0.2, 0.25) is 5.91 Å². The molecule has 110 valence electrons. The quantitative estimate of drug-likeness (QED) is 0.723. The molecule has 20 heavy (non-hydrogen) atoms. The molecule has 0 heterocycles. The van der Waals surface area contributed by atoms with Crippen LogP contribution >= 0.6 is 11.6 Å². The smallest absolute Gasteiger partial charge is 0.303 e. The number of anilines is 1. The summed E-state index contributed by atoms with van der Waals surface area (Å²) in [5.41, 5.74) is 0.668. The van der Waals surface area contributed by atoms with Crippen molar-refractivity contribution in [2.45, 2.75) is 19.3 Å². The van der Waals surface area contributed by atoms with Crippen LogP contribution in [-0.2, 0) is 9.59 Å². The first kappa shape index (κ1) is 16.5. The predicted octanol–water partition coefficient (Wildman–Crippen LogP) is 2.47. The number of hydrogen-bond acceptors (Lipinski definition) is 3. The average Bonchev–Trinajstić information content (AvgIpc) is 2.34. The van der Waals surface area contributed by atoms with Crippen LogP contribution in [0.15, 0.2) is 24.3 Å². The maximum absolute atomic E-state index is 11.8. The van der Waals surface area contributed by atoms with Gasteiger partial charge in [0.1, 0.15) is 0 Å². The minimum Gasteiger partial charge on any atom is -0.481 e. The zero-order valence-corrected chi connectivity index (χ0v) is 12.2. The number of unbranched alkanes of at least 4 members (excludes halogenated alkanes) is 1. The van der Waals surface area contributed by atoms with Crippen LogP contribution in [0.3, 0.4) is 0 Å². The fourth-order valence-electron chi connectivity index (χ4n) is 1.75. The van der Waals surface area contributed by atoms with Crippen LogP contribution in [0.2, 0.25) is 5.02 Å². The number of carbonyl (C=O) groups excluding carboxylic acids is 1. The third-order valence-electron chi connectivity index (χ3n) is 2.70. The molecule has 0 aliphatic heterocycles. The molecule has 5 nitrogen and oxygen atoms in total. The van der Waals surface area contributed by atoms with E-state index in [-0.39, 0.29) is 18.9 Å². The maximum atomic E-state index is 11.8. The first-order chi connectivity index (χ1) is 9.47. The molecule has 0 spiro atoms. The number of amides is 1. The van der Waals surface area contributed by atoms with Gasteiger partial charge in [0, 0.05) is 17.1 Å². The fourth-order valence-corrected chi connectivity index (χ4v) is 1.94. The lowest BCUT2D eigenvalue weighted by Crippen LogP contribution is -2.30. The lowest BCUT2D eigenvalue weighted by Gasteiger charge is -2.16. The number of carbonyl (C=O) groups is 2. The predicted molar refractivity (Wildman–Crippen MR) is 79.1 cm³/mol. The molecule has 2 N–H and O–H groups in total. The van der Waals surface area contributed by atoms with Gasteiger partial charge in [0.25, 0.3) is 0 Å². The van der Waals surface area contributed by atoms with Gasteiger partial charge in [-0.2, -0.15) is 0 Å². The molecule has 0 fully saturated rings. The summed E-state index contributed by atoms with van der Waals surface area (Å²) < 4.78 is 0. The Kier molecular flexibility index (Phi) is 7.04. The highest BCUT2D eigenvalue weighted by atomic mass is 35.5. The number of carboxylic acids is 1. The Morgan fingerprint density at radius 2 is 2.10 bits per heavy atom. The largest absolute Gasteiger partial charge is 0.481 e. The molecule has 1 amide bonds. The van der Waals surface area contributed by atoms with E-state index >= 15 is 0 Å². The number of nitrogens with zero attached hydrogens (tertiary/aromatic N) is 1. The van der Waals surface area contributed by atoms with Gasteiger partial charge in [0.15, 0.2) is 0 Å². The van der Waals surface area contributed by atoms with Crippen molar-refractivity contribution in [2.24, 2.45) is 0 Å². The fraction of sp³-hybridized carbons (Fsp3) is 0.429. The summed E-state index contributed by atoms with van der Waals surface area (Å²) in [6, 6.07) is 6.97. The molecular formula is C14H19ClN2O3. The van der Waals surface area contributed by atoms with Crippen molar-refractivity contribution >= 4 is 29.2 Å². The molecule has 0 aliphatic rings. The molecule has 0 atom stereocenters. The van der Waals surface area contributed by atoms with Crippen molar-refractivity contribution in [1.82, 2.24) is 4.90 Å². The van der Waals surface area contributed by atoms with Crippen molar-refractivity contribution in [3.05, 3.63) is 29.3 Å². The maximum Gasteiger partial charge on any atom is 0.303 e. The van der Waals surface area contributed by atoms with Gasteiger partial charge in [-0.1, -0.05) is 17.7 Å². The van der Waals surface area contributed by atoms with Crippen molar-refractivity contribution in [2.75, 3.05) is 25.5 Å². The highest BCUT2D eigenvalue weighted by Gasteiger charge is 2.07. The second kappa shape index (κ2) is 8.55. The van der Waals surface area contributed by atoms with E-state index < -0.39 is 5.97 Å². The Hall–Kier alpha value is -1.59. The number of aliphatic carboxylic acids is 1. The number of hydrogen-bond donors (Lipinski definition) is 2. The Morgan fingerprint density at radius 3 is 2.75 bits per heavy atom. The molecule has 0 unspecified atom stereocenters. The van der Waals surface area contributed by atoms with Crippen LogP contribution in [0.4, 0.5) is 5.69 Å². The first-order valence-electron chi connectivity index (χ1n) is 6.43. The zero-order valence-electron chi connectivity index (χ0n) is 11.4. The van der Waals surface area contributed by atoms with Gasteiger partial charge in [-0.05, 0) is 44.6 Å². The number of nitrogens with one attached hydrogen (secondary N) is 1. The lowest BCUT2D eigenvalue weighted by atomic mass is 10.2. The topological polar surface area (TPSA) is 69.6 Å². The minimum atomic E-state index is -0.786. The first-order valence-corrected chi connectivity index (χ1v) is 6.81. The second-order valence-corrected chi connectivity index (χ2v) is 5.08. The summed E-state index contributed by atoms with van der Waals surface area (Å²) in [6.07, 6.45) is 1.55. The molecule has 0 bridgehead atoms. The normalized spacial score (nSPS) is 10.6. The molecule has 0 saturated heterocycles. The molecule has 0 aromatic heterocycles. The van der Waals surface area contributed by atoms with Gasteiger partial charge in [-0.3, -0.25) is 14.5 Å². The molecule has 0 aliphatic carbocycles. The number of rotatable bonds is 8. The van der Waals surface area contributed by atoms with Gasteiger partial charge in [0.05, 0.1) is 6.54 Å². The molecule has 0 saturated carbocycles. The van der Waals surface area contributed by atoms with E-state index in [0.717, 1.165) is 6.42 Å². The Bertz CT molecular complexity index is 465. The van der Waals surface area contributed by atoms with E-state index in [0.29, 0.717) is 23.7 Å². The average molecular weight is 299 g/mol. The molecule has 1 aromatic carbocycles. The van der Waals surface area contributed by atoms with Crippen LogP contribution in [0.1, 0.15) is 19.3 Å². The van der Waals surface area contributed by atoms with Gasteiger partial charge in [-0.15, -0.1) is 0 Å². The van der Waals surface area contributed by atoms with Gasteiger partial charge >= 0.3 is 5.97 Å². The molecule has 1 rings (SSSR count). The highest BCUT2D eigenvalue weighted by Crippen LogP contribution is 2.14. The van der Waals surface area contributed by atoms with Gasteiger partial charge < -0.3 is 10.4 Å². The van der Waals surface area contributed by atoms with E-state index in [2.05, 4.69) is 5.32 Å². The molecule has 0 radical (unpaired) electrons. The number of likely N-dealkylation sites (N-methyl/N-ethyl adjacent to an activating group) is 1. The van der Waals surface area contributed by atoms with Crippen LogP contribution < -0.4 is 5.32 Å².